The molecule has 0 radical (unpaired) electrons. The Hall–Kier alpha value is -2.87. The minimum Gasteiger partial charge on any atom is -0.458 e. The molecular formula is C42H59N3O9. The molecule has 12 nitrogen and oxygen atoms in total. The number of unbranched alkanes of at least 4 members (excludes halogenated alkanes) is 4. The fourth-order valence-electron chi connectivity index (χ4n) is 10.3. The molecule has 10 atom stereocenters. The number of ether oxygens (including phenoxy) is 4. The molecule has 12 heteroatoms. The molecule has 7 aliphatic rings. The van der Waals surface area contributed by atoms with Crippen molar-refractivity contribution in [1.82, 2.24) is 15.3 Å². The van der Waals surface area contributed by atoms with Gasteiger partial charge in [-0.05, 0) is 62.0 Å². The Bertz CT molecular complexity index is 1540. The Morgan fingerprint density at radius 1 is 0.963 bits per heavy atom. The number of nitrogens with zero attached hydrogens (tertiary/aromatic N) is 2. The summed E-state index contributed by atoms with van der Waals surface area (Å²) in [5, 5.41) is 13.8. The Morgan fingerprint density at radius 2 is 1.72 bits per heavy atom. The number of amides is 2. The van der Waals surface area contributed by atoms with E-state index in [-0.39, 0.29) is 37.9 Å². The van der Waals surface area contributed by atoms with Crippen LogP contribution < -0.4 is 5.32 Å². The summed E-state index contributed by atoms with van der Waals surface area (Å²) in [7, 11) is 0. The normalized spacial score (nSPS) is 36.2. The lowest BCUT2D eigenvalue weighted by atomic mass is 9.62. The molecule has 0 spiro atoms. The molecule has 2 aliphatic carbocycles. The molecule has 2 N–H and O–H groups in total. The fraction of sp³-hybridized carbons (Fsp3) is 0.738. The van der Waals surface area contributed by atoms with Crippen LogP contribution in [0.3, 0.4) is 0 Å². The first kappa shape index (κ1) is 38.0. The van der Waals surface area contributed by atoms with E-state index < -0.39 is 53.7 Å². The van der Waals surface area contributed by atoms with Gasteiger partial charge in [0.05, 0.1) is 25.4 Å². The van der Waals surface area contributed by atoms with Gasteiger partial charge in [-0.3, -0.25) is 19.2 Å². The SMILES string of the molecule is CCCCCC1(CCCCC)O[C@@H]2[C@H](O1)[C@H]1ON(Cc3ccc(C=CC4CCC5OC5C4)cc3)[C@@H]3C(=O)O[C@@H]2C[C@]13C(=O)N1CCC[C@@H]1C(=O)NCCO. The van der Waals surface area contributed by atoms with E-state index in [9.17, 15) is 14.7 Å². The van der Waals surface area contributed by atoms with Crippen molar-refractivity contribution in [2.24, 2.45) is 11.3 Å². The Kier molecular flexibility index (Phi) is 11.2. The topological polar surface area (TPSA) is 139 Å². The second kappa shape index (κ2) is 15.9. The second-order valence-corrected chi connectivity index (χ2v) is 16.8. The number of likely N-dealkylation sites (tertiary alicyclic amines) is 1. The fourth-order valence-corrected chi connectivity index (χ4v) is 10.3. The van der Waals surface area contributed by atoms with Crippen molar-refractivity contribution in [3.63, 3.8) is 0 Å². The number of rotatable bonds is 16. The maximum Gasteiger partial charge on any atom is 0.327 e. The standard InChI is InChI=1S/C42H59N3O9/c1-3-5-7-19-41(20-8-6-4-2)52-34-33-25-42(40(49)44-22-9-10-30(44)38(47)43-21-23-46)36(39(48)51-33)45(54-37(42)35(34)53-41)26-29-15-12-27(13-16-29)11-14-28-17-18-31-32(24-28)50-31/h11-16,28,30-37,46H,3-10,17-26H2,1-2H3,(H,43,47)/t28?,30-,31?,32?,33-,34+,35+,36-,37-,42-/m1/s1. The van der Waals surface area contributed by atoms with Gasteiger partial charge in [-0.15, -0.1) is 0 Å². The molecule has 2 saturated carbocycles. The van der Waals surface area contributed by atoms with Gasteiger partial charge in [0, 0.05) is 32.4 Å². The zero-order chi connectivity index (χ0) is 37.5. The van der Waals surface area contributed by atoms with Gasteiger partial charge in [0.2, 0.25) is 11.8 Å². The van der Waals surface area contributed by atoms with Crippen molar-refractivity contribution in [1.29, 1.82) is 0 Å². The number of hydrogen-bond donors (Lipinski definition) is 2. The van der Waals surface area contributed by atoms with Crippen molar-refractivity contribution in [3.05, 3.63) is 41.5 Å². The van der Waals surface area contributed by atoms with Crippen molar-refractivity contribution in [2.75, 3.05) is 19.7 Å². The first-order valence-corrected chi connectivity index (χ1v) is 20.9. The molecule has 7 fully saturated rings. The largest absolute Gasteiger partial charge is 0.458 e. The molecule has 0 aromatic heterocycles. The van der Waals surface area contributed by atoms with Crippen LogP contribution in [0.4, 0.5) is 0 Å². The molecule has 5 aliphatic heterocycles. The maximum atomic E-state index is 15.2. The van der Waals surface area contributed by atoms with Crippen LogP contribution in [0.25, 0.3) is 6.08 Å². The van der Waals surface area contributed by atoms with E-state index in [0.29, 0.717) is 50.4 Å². The first-order chi connectivity index (χ1) is 26.3. The van der Waals surface area contributed by atoms with Crippen molar-refractivity contribution in [3.8, 4) is 0 Å². The third-order valence-corrected chi connectivity index (χ3v) is 13.1. The van der Waals surface area contributed by atoms with Gasteiger partial charge in [-0.25, -0.2) is 0 Å². The summed E-state index contributed by atoms with van der Waals surface area (Å²) in [6.45, 7) is 4.92. The third kappa shape index (κ3) is 7.15. The van der Waals surface area contributed by atoms with Gasteiger partial charge in [0.1, 0.15) is 35.9 Å². The molecule has 54 heavy (non-hydrogen) atoms. The number of carbonyl (C=O) groups is 3. The minimum atomic E-state index is -1.33. The summed E-state index contributed by atoms with van der Waals surface area (Å²) in [5.74, 6) is -1.40. The van der Waals surface area contributed by atoms with Crippen molar-refractivity contribution < 1.29 is 43.3 Å². The lowest BCUT2D eigenvalue weighted by Gasteiger charge is -2.50. The number of epoxide rings is 1. The summed E-state index contributed by atoms with van der Waals surface area (Å²) in [6, 6.07) is 6.53. The number of benzene rings is 1. The number of hydrogen-bond acceptors (Lipinski definition) is 10. The molecular weight excluding hydrogens is 690 g/mol. The number of esters is 1. The van der Waals surface area contributed by atoms with Crippen LogP contribution in [0, 0.1) is 11.3 Å². The average Bonchev–Trinajstić information content (AvgIpc) is 3.44. The molecule has 8 rings (SSSR count). The highest BCUT2D eigenvalue weighted by Gasteiger charge is 2.77. The molecule has 1 aromatic rings. The lowest BCUT2D eigenvalue weighted by Crippen LogP contribution is -2.70. The first-order valence-electron chi connectivity index (χ1n) is 20.9. The average molecular weight is 750 g/mol. The number of nitrogens with one attached hydrogen (secondary N) is 1. The van der Waals surface area contributed by atoms with Crippen LogP contribution in [0.15, 0.2) is 30.3 Å². The highest BCUT2D eigenvalue weighted by Crippen LogP contribution is 2.59. The van der Waals surface area contributed by atoms with Gasteiger partial charge < -0.3 is 34.3 Å². The number of aliphatic hydroxyl groups is 1. The summed E-state index contributed by atoms with van der Waals surface area (Å²) < 4.78 is 25.9. The van der Waals surface area contributed by atoms with E-state index in [1.807, 2.05) is 12.1 Å². The molecule has 2 amide bonds. The molecule has 5 heterocycles. The number of hydroxylamine groups is 2. The van der Waals surface area contributed by atoms with Crippen LogP contribution in [0.1, 0.15) is 115 Å². The highest BCUT2D eigenvalue weighted by atomic mass is 16.8. The zero-order valence-electron chi connectivity index (χ0n) is 32.0. The van der Waals surface area contributed by atoms with E-state index in [1.54, 1.807) is 9.96 Å². The highest BCUT2D eigenvalue weighted by molar-refractivity contribution is 5.96. The van der Waals surface area contributed by atoms with Crippen molar-refractivity contribution >= 4 is 23.9 Å². The third-order valence-electron chi connectivity index (χ3n) is 13.1. The molecule has 5 saturated heterocycles. The van der Waals surface area contributed by atoms with E-state index in [2.05, 4.69) is 43.4 Å². The van der Waals surface area contributed by atoms with Gasteiger partial charge in [0.15, 0.2) is 11.8 Å². The predicted octanol–water partition coefficient (Wildman–Crippen LogP) is 4.81. The molecule has 2 bridgehead atoms. The summed E-state index contributed by atoms with van der Waals surface area (Å²) in [4.78, 5) is 51.4. The Labute approximate surface area is 319 Å². The zero-order valence-corrected chi connectivity index (χ0v) is 32.0. The van der Waals surface area contributed by atoms with Crippen LogP contribution >= 0.6 is 0 Å². The maximum absolute atomic E-state index is 15.2. The van der Waals surface area contributed by atoms with E-state index in [1.165, 1.54) is 0 Å². The quantitative estimate of drug-likeness (QED) is 0.138. The lowest BCUT2D eigenvalue weighted by molar-refractivity contribution is -0.225. The number of allylic oxidation sites excluding steroid dienone is 1. The Morgan fingerprint density at radius 3 is 2.44 bits per heavy atom. The Balaban J connectivity index is 1.08. The van der Waals surface area contributed by atoms with Gasteiger partial charge in [0.25, 0.3) is 0 Å². The van der Waals surface area contributed by atoms with Gasteiger partial charge in [-0.1, -0.05) is 75.9 Å². The van der Waals surface area contributed by atoms with E-state index >= 15 is 4.79 Å². The summed E-state index contributed by atoms with van der Waals surface area (Å²) in [5.41, 5.74) is 0.702. The number of aliphatic hydroxyl groups excluding tert-OH is 1. The van der Waals surface area contributed by atoms with Crippen LogP contribution in [0.2, 0.25) is 0 Å². The summed E-state index contributed by atoms with van der Waals surface area (Å²) in [6.07, 6.45) is 15.0. The molecule has 296 valence electrons. The van der Waals surface area contributed by atoms with Gasteiger partial charge in [-0.2, -0.15) is 5.06 Å². The number of fused-ring (bicyclic) bond motifs is 5. The van der Waals surface area contributed by atoms with Crippen molar-refractivity contribution in [2.45, 2.75) is 165 Å². The van der Waals surface area contributed by atoms with E-state index in [0.717, 1.165) is 68.9 Å². The summed E-state index contributed by atoms with van der Waals surface area (Å²) >= 11 is 0. The second-order valence-electron chi connectivity index (χ2n) is 16.8. The van der Waals surface area contributed by atoms with Crippen LogP contribution in [0.5, 0.6) is 0 Å². The van der Waals surface area contributed by atoms with Gasteiger partial charge >= 0.3 is 5.97 Å². The molecule has 1 aromatic carbocycles. The smallest absolute Gasteiger partial charge is 0.327 e. The monoisotopic (exact) mass is 749 g/mol. The number of carbonyl (C=O) groups excluding carboxylic acids is 3. The van der Waals surface area contributed by atoms with E-state index in [4.69, 9.17) is 23.8 Å². The molecule has 3 unspecified atom stereocenters. The van der Waals surface area contributed by atoms with Crippen LogP contribution in [-0.4, -0.2) is 107 Å². The minimum absolute atomic E-state index is 0.108. The predicted molar refractivity (Wildman–Crippen MR) is 198 cm³/mol. The van der Waals surface area contributed by atoms with Crippen LogP contribution in [-0.2, 0) is 44.7 Å².